The molecule has 0 bridgehead atoms. The molecular weight excluding hydrogens is 567 g/mol. The largest absolute Gasteiger partial charge is 0.495 e. The third kappa shape index (κ3) is 8.83. The number of carbonyl (C=O) groups excluding carboxylic acids is 2. The quantitative estimate of drug-likeness (QED) is 0.0655. The Morgan fingerprint density at radius 3 is 2.31 bits per heavy atom. The number of hydrogen-bond acceptors (Lipinski definition) is 6. The van der Waals surface area contributed by atoms with Crippen molar-refractivity contribution < 1.29 is 19.1 Å². The number of para-hydroxylation sites is 2. The number of esters is 1. The number of thioether (sulfide) groups is 1. The van der Waals surface area contributed by atoms with E-state index in [2.05, 4.69) is 16.0 Å². The highest BCUT2D eigenvalue weighted by Crippen LogP contribution is 2.37. The molecule has 42 heavy (non-hydrogen) atoms. The summed E-state index contributed by atoms with van der Waals surface area (Å²) in [5, 5.41) is 9.25. The van der Waals surface area contributed by atoms with Crippen LogP contribution in [0.15, 0.2) is 108 Å². The lowest BCUT2D eigenvalue weighted by atomic mass is 10.1. The highest BCUT2D eigenvalue weighted by molar-refractivity contribution is 8.00. The Balaban J connectivity index is 1.44. The van der Waals surface area contributed by atoms with Crippen molar-refractivity contribution in [2.75, 3.05) is 29.7 Å². The first-order chi connectivity index (χ1) is 20.5. The number of anilines is 3. The van der Waals surface area contributed by atoms with Gasteiger partial charge in [-0.1, -0.05) is 61.9 Å². The molecule has 4 aromatic rings. The van der Waals surface area contributed by atoms with Crippen LogP contribution < -0.4 is 20.7 Å². The van der Waals surface area contributed by atoms with E-state index in [9.17, 15) is 9.59 Å². The summed E-state index contributed by atoms with van der Waals surface area (Å²) in [4.78, 5) is 26.7. The number of hydrogen-bond donors (Lipinski definition) is 3. The monoisotopic (exact) mass is 599 g/mol. The molecule has 1 amide bonds. The third-order valence-corrected chi connectivity index (χ3v) is 7.61. The summed E-state index contributed by atoms with van der Waals surface area (Å²) in [5.74, 6) is 0.130. The maximum atomic E-state index is 13.6. The van der Waals surface area contributed by atoms with E-state index in [4.69, 9.17) is 21.7 Å². The molecule has 7 nitrogen and oxygen atoms in total. The molecule has 0 spiro atoms. The first-order valence-corrected chi connectivity index (χ1v) is 14.9. The predicted molar refractivity (Wildman–Crippen MR) is 175 cm³/mol. The van der Waals surface area contributed by atoms with E-state index in [1.54, 1.807) is 31.4 Å². The van der Waals surface area contributed by atoms with Crippen molar-refractivity contribution in [3.8, 4) is 5.75 Å². The van der Waals surface area contributed by atoms with Gasteiger partial charge in [-0.15, -0.1) is 11.8 Å². The van der Waals surface area contributed by atoms with Gasteiger partial charge in [0.1, 0.15) is 11.0 Å². The third-order valence-electron chi connectivity index (χ3n) is 6.16. The lowest BCUT2D eigenvalue weighted by Gasteiger charge is -2.18. The maximum absolute atomic E-state index is 13.6. The fourth-order valence-corrected chi connectivity index (χ4v) is 5.32. The van der Waals surface area contributed by atoms with E-state index in [0.717, 1.165) is 34.7 Å². The average molecular weight is 600 g/mol. The average Bonchev–Trinajstić information content (AvgIpc) is 3.01. The molecule has 0 saturated carbocycles. The maximum Gasteiger partial charge on any atom is 0.338 e. The second-order valence-electron chi connectivity index (χ2n) is 9.27. The van der Waals surface area contributed by atoms with E-state index >= 15 is 0 Å². The predicted octanol–water partition coefficient (Wildman–Crippen LogP) is 7.93. The van der Waals surface area contributed by atoms with Crippen LogP contribution in [0.2, 0.25) is 0 Å². The Labute approximate surface area is 256 Å². The van der Waals surface area contributed by atoms with Gasteiger partial charge in [0.15, 0.2) is 5.11 Å². The Hall–Kier alpha value is -4.34. The van der Waals surface area contributed by atoms with Gasteiger partial charge in [0.05, 0.1) is 25.0 Å². The molecule has 216 valence electrons. The summed E-state index contributed by atoms with van der Waals surface area (Å²) in [5.41, 5.74) is 3.43. The number of ether oxygens (including phenoxy) is 2. The van der Waals surface area contributed by atoms with Crippen LogP contribution in [-0.4, -0.2) is 30.7 Å². The van der Waals surface area contributed by atoms with Crippen LogP contribution in [0, 0.1) is 0 Å². The molecule has 4 rings (SSSR count). The zero-order chi connectivity index (χ0) is 29.7. The van der Waals surface area contributed by atoms with Gasteiger partial charge in [-0.05, 0) is 78.8 Å². The van der Waals surface area contributed by atoms with Gasteiger partial charge in [-0.25, -0.2) is 4.79 Å². The molecule has 3 N–H and O–H groups in total. The van der Waals surface area contributed by atoms with Gasteiger partial charge in [-0.2, -0.15) is 0 Å². The van der Waals surface area contributed by atoms with Gasteiger partial charge < -0.3 is 25.4 Å². The number of methoxy groups -OCH3 is 1. The minimum atomic E-state index is -0.529. The summed E-state index contributed by atoms with van der Waals surface area (Å²) in [6, 6.07) is 31.6. The van der Waals surface area contributed by atoms with Gasteiger partial charge in [0.25, 0.3) is 0 Å². The molecule has 9 heteroatoms. The first-order valence-electron chi connectivity index (χ1n) is 13.6. The van der Waals surface area contributed by atoms with E-state index in [0.29, 0.717) is 28.7 Å². The van der Waals surface area contributed by atoms with Crippen LogP contribution >= 0.6 is 24.0 Å². The van der Waals surface area contributed by atoms with Gasteiger partial charge in [0, 0.05) is 16.3 Å². The molecule has 4 aromatic carbocycles. The van der Waals surface area contributed by atoms with Crippen molar-refractivity contribution in [2.45, 2.75) is 29.9 Å². The fourth-order valence-electron chi connectivity index (χ4n) is 4.01. The summed E-state index contributed by atoms with van der Waals surface area (Å²) in [6.45, 7) is 2.43. The molecule has 0 aliphatic rings. The van der Waals surface area contributed by atoms with Crippen LogP contribution in [-0.2, 0) is 9.53 Å². The summed E-state index contributed by atoms with van der Waals surface area (Å²) >= 11 is 6.95. The van der Waals surface area contributed by atoms with Crippen molar-refractivity contribution in [1.29, 1.82) is 0 Å². The molecule has 0 fully saturated rings. The van der Waals surface area contributed by atoms with Crippen molar-refractivity contribution in [3.05, 3.63) is 114 Å². The van der Waals surface area contributed by atoms with Gasteiger partial charge in [-0.3, -0.25) is 4.79 Å². The Morgan fingerprint density at radius 2 is 1.57 bits per heavy atom. The fraction of sp³-hybridized carbons (Fsp3) is 0.182. The zero-order valence-corrected chi connectivity index (χ0v) is 25.1. The summed E-state index contributed by atoms with van der Waals surface area (Å²) < 4.78 is 10.7. The second kappa shape index (κ2) is 15.6. The number of rotatable bonds is 12. The van der Waals surface area contributed by atoms with Crippen molar-refractivity contribution in [3.63, 3.8) is 0 Å². The molecule has 0 radical (unpaired) electrons. The SMILES string of the molecule is CCCCOC(=O)c1ccc(NC(=O)C(Sc2cccc(NC(=S)Nc3ccccc3OC)c2)c2ccccc2)cc1. The van der Waals surface area contributed by atoms with Crippen molar-refractivity contribution in [2.24, 2.45) is 0 Å². The van der Waals surface area contributed by atoms with E-state index in [-0.39, 0.29) is 11.9 Å². The van der Waals surface area contributed by atoms with Crippen molar-refractivity contribution >= 4 is 58.0 Å². The Bertz CT molecular complexity index is 1500. The topological polar surface area (TPSA) is 88.7 Å². The number of thiocarbonyl (C=S) groups is 1. The minimum absolute atomic E-state index is 0.184. The molecule has 0 aliphatic carbocycles. The van der Waals surface area contributed by atoms with E-state index < -0.39 is 5.25 Å². The lowest BCUT2D eigenvalue weighted by Crippen LogP contribution is -2.20. The van der Waals surface area contributed by atoms with Gasteiger partial charge >= 0.3 is 5.97 Å². The van der Waals surface area contributed by atoms with Crippen LogP contribution in [0.25, 0.3) is 0 Å². The number of amides is 1. The molecule has 1 atom stereocenters. The van der Waals surface area contributed by atoms with E-state index in [1.165, 1.54) is 11.8 Å². The lowest BCUT2D eigenvalue weighted by molar-refractivity contribution is -0.115. The smallest absolute Gasteiger partial charge is 0.338 e. The number of carbonyl (C=O) groups is 2. The second-order valence-corrected chi connectivity index (χ2v) is 10.9. The first kappa shape index (κ1) is 30.6. The molecule has 0 saturated heterocycles. The summed E-state index contributed by atoms with van der Waals surface area (Å²) in [7, 11) is 1.61. The summed E-state index contributed by atoms with van der Waals surface area (Å²) in [6.07, 6.45) is 1.78. The number of nitrogens with one attached hydrogen (secondary N) is 3. The standard InChI is InChI=1S/C33H33N3O4S2/c1-3-4-21-40-32(38)24-17-19-25(20-18-24)34-31(37)30(23-11-6-5-7-12-23)42-27-14-10-13-26(22-27)35-33(41)36-28-15-8-9-16-29(28)39-2/h5-20,22,30H,3-4,21H2,1-2H3,(H,34,37)(H2,35,36,41). The van der Waals surface area contributed by atoms with Crippen molar-refractivity contribution in [1.82, 2.24) is 0 Å². The molecule has 0 aliphatic heterocycles. The molecule has 0 aromatic heterocycles. The molecular formula is C33H33N3O4S2. The van der Waals surface area contributed by atoms with Crippen LogP contribution in [0.1, 0.15) is 40.9 Å². The van der Waals surface area contributed by atoms with Gasteiger partial charge in [0.2, 0.25) is 5.91 Å². The number of benzene rings is 4. The van der Waals surface area contributed by atoms with Crippen LogP contribution in [0.3, 0.4) is 0 Å². The van der Waals surface area contributed by atoms with E-state index in [1.807, 2.05) is 85.8 Å². The molecule has 1 unspecified atom stereocenters. The highest BCUT2D eigenvalue weighted by Gasteiger charge is 2.22. The Morgan fingerprint density at radius 1 is 0.833 bits per heavy atom. The van der Waals surface area contributed by atoms with Crippen LogP contribution in [0.5, 0.6) is 5.75 Å². The Kier molecular flexibility index (Phi) is 11.4. The normalized spacial score (nSPS) is 11.2. The molecule has 0 heterocycles. The minimum Gasteiger partial charge on any atom is -0.495 e. The highest BCUT2D eigenvalue weighted by atomic mass is 32.2. The number of unbranched alkanes of at least 4 members (excludes halogenated alkanes) is 1. The van der Waals surface area contributed by atoms with Crippen LogP contribution in [0.4, 0.5) is 17.1 Å². The zero-order valence-electron chi connectivity index (χ0n) is 23.5.